The standard InChI is InChI=1S/C21H24ClN3O5/c1-28-19-10-18(17(22)9-16(19)20(26)29-2)24-21(27)25(13-15-6-4-8-30-15)12-14-5-3-7-23-11-14/h3,5,7,9-11,15H,4,6,8,12-13H2,1-2H3,(H,24,27)/t15-/m0/s1. The highest BCUT2D eigenvalue weighted by Crippen LogP contribution is 2.32. The number of carbonyl (C=O) groups excluding carboxylic acids is 2. The van der Waals surface area contributed by atoms with Crippen LogP contribution in [0.3, 0.4) is 0 Å². The van der Waals surface area contributed by atoms with Gasteiger partial charge >= 0.3 is 12.0 Å². The van der Waals surface area contributed by atoms with Crippen LogP contribution in [0.1, 0.15) is 28.8 Å². The van der Waals surface area contributed by atoms with Gasteiger partial charge in [-0.15, -0.1) is 0 Å². The number of pyridine rings is 1. The molecule has 0 unspecified atom stereocenters. The minimum atomic E-state index is -0.580. The van der Waals surface area contributed by atoms with Gasteiger partial charge in [0.1, 0.15) is 11.3 Å². The third kappa shape index (κ3) is 5.40. The average Bonchev–Trinajstić information content (AvgIpc) is 3.27. The molecule has 2 amide bonds. The lowest BCUT2D eigenvalue weighted by Gasteiger charge is -2.26. The van der Waals surface area contributed by atoms with Crippen molar-refractivity contribution in [2.45, 2.75) is 25.5 Å². The molecule has 3 rings (SSSR count). The first-order valence-corrected chi connectivity index (χ1v) is 9.92. The van der Waals surface area contributed by atoms with Crippen LogP contribution < -0.4 is 10.1 Å². The number of anilines is 1. The highest BCUT2D eigenvalue weighted by atomic mass is 35.5. The molecule has 0 aliphatic carbocycles. The Morgan fingerprint density at radius 3 is 2.83 bits per heavy atom. The molecule has 1 aliphatic rings. The van der Waals surface area contributed by atoms with Crippen LogP contribution in [0.25, 0.3) is 0 Å². The molecule has 160 valence electrons. The summed E-state index contributed by atoms with van der Waals surface area (Å²) in [4.78, 5) is 30.8. The topological polar surface area (TPSA) is 90.0 Å². The summed E-state index contributed by atoms with van der Waals surface area (Å²) in [6, 6.07) is 6.30. The fourth-order valence-electron chi connectivity index (χ4n) is 3.25. The molecule has 0 spiro atoms. The Morgan fingerprint density at radius 2 is 2.20 bits per heavy atom. The van der Waals surface area contributed by atoms with Crippen molar-refractivity contribution in [2.75, 3.05) is 32.7 Å². The second-order valence-corrected chi connectivity index (χ2v) is 7.24. The molecule has 1 aromatic carbocycles. The highest BCUT2D eigenvalue weighted by Gasteiger charge is 2.24. The van der Waals surface area contributed by atoms with Crippen molar-refractivity contribution in [1.82, 2.24) is 9.88 Å². The van der Waals surface area contributed by atoms with E-state index < -0.39 is 5.97 Å². The van der Waals surface area contributed by atoms with Crippen LogP contribution in [-0.2, 0) is 16.0 Å². The molecule has 1 N–H and O–H groups in total. The number of urea groups is 1. The summed E-state index contributed by atoms with van der Waals surface area (Å²) in [6.45, 7) is 1.51. The molecule has 1 aromatic heterocycles. The average molecular weight is 434 g/mol. The fourth-order valence-corrected chi connectivity index (χ4v) is 3.46. The Morgan fingerprint density at radius 1 is 1.37 bits per heavy atom. The summed E-state index contributed by atoms with van der Waals surface area (Å²) in [5.41, 5.74) is 1.40. The first-order valence-electron chi connectivity index (χ1n) is 9.54. The number of carbonyl (C=O) groups is 2. The van der Waals surface area contributed by atoms with Crippen molar-refractivity contribution in [3.05, 3.63) is 52.8 Å². The lowest BCUT2D eigenvalue weighted by Crippen LogP contribution is -2.39. The predicted molar refractivity (Wildman–Crippen MR) is 112 cm³/mol. The van der Waals surface area contributed by atoms with Gasteiger partial charge in [-0.3, -0.25) is 4.98 Å². The first kappa shape index (κ1) is 21.9. The van der Waals surface area contributed by atoms with Gasteiger partial charge in [0.15, 0.2) is 0 Å². The fraction of sp³-hybridized carbons (Fsp3) is 0.381. The molecule has 1 aliphatic heterocycles. The number of nitrogens with zero attached hydrogens (tertiary/aromatic N) is 2. The molecule has 9 heteroatoms. The van der Waals surface area contributed by atoms with Crippen LogP contribution in [0, 0.1) is 0 Å². The number of esters is 1. The highest BCUT2D eigenvalue weighted by molar-refractivity contribution is 6.34. The maximum absolute atomic E-state index is 13.1. The van der Waals surface area contributed by atoms with E-state index in [2.05, 4.69) is 10.3 Å². The molecular weight excluding hydrogens is 410 g/mol. The number of benzene rings is 1. The Balaban J connectivity index is 1.81. The molecule has 0 bridgehead atoms. The number of nitrogens with one attached hydrogen (secondary N) is 1. The third-order valence-electron chi connectivity index (χ3n) is 4.77. The van der Waals surface area contributed by atoms with Gasteiger partial charge in [-0.1, -0.05) is 17.7 Å². The number of ether oxygens (including phenoxy) is 3. The Kier molecular flexibility index (Phi) is 7.48. The second kappa shape index (κ2) is 10.3. The maximum atomic E-state index is 13.1. The monoisotopic (exact) mass is 433 g/mol. The molecule has 0 saturated carbocycles. The zero-order valence-corrected chi connectivity index (χ0v) is 17.6. The summed E-state index contributed by atoms with van der Waals surface area (Å²) >= 11 is 6.31. The van der Waals surface area contributed by atoms with Gasteiger partial charge < -0.3 is 24.4 Å². The molecule has 1 saturated heterocycles. The van der Waals surface area contributed by atoms with Crippen LogP contribution in [-0.4, -0.2) is 55.4 Å². The minimum Gasteiger partial charge on any atom is -0.496 e. The summed E-state index contributed by atoms with van der Waals surface area (Å²) in [5, 5.41) is 3.01. The van der Waals surface area contributed by atoms with Crippen molar-refractivity contribution < 1.29 is 23.8 Å². The lowest BCUT2D eigenvalue weighted by atomic mass is 10.1. The summed E-state index contributed by atoms with van der Waals surface area (Å²) < 4.78 is 15.7. The molecule has 8 nitrogen and oxygen atoms in total. The van der Waals surface area contributed by atoms with Crippen LogP contribution in [0.4, 0.5) is 10.5 Å². The van der Waals surface area contributed by atoms with Gasteiger partial charge in [0.25, 0.3) is 0 Å². The van der Waals surface area contributed by atoms with Crippen molar-refractivity contribution in [2.24, 2.45) is 0 Å². The number of aromatic nitrogens is 1. The lowest BCUT2D eigenvalue weighted by molar-refractivity contribution is 0.0597. The molecular formula is C21H24ClN3O5. The van der Waals surface area contributed by atoms with Crippen LogP contribution in [0.5, 0.6) is 5.75 Å². The SMILES string of the molecule is COC(=O)c1cc(Cl)c(NC(=O)N(Cc2cccnc2)C[C@@H]2CCCO2)cc1OC. The molecule has 1 atom stereocenters. The Labute approximate surface area is 180 Å². The number of amides is 2. The van der Waals surface area contributed by atoms with Gasteiger partial charge in [0.05, 0.1) is 31.0 Å². The number of hydrogen-bond acceptors (Lipinski definition) is 6. The largest absolute Gasteiger partial charge is 0.496 e. The van der Waals surface area contributed by atoms with E-state index in [1.807, 2.05) is 12.1 Å². The van der Waals surface area contributed by atoms with E-state index >= 15 is 0 Å². The van der Waals surface area contributed by atoms with Crippen LogP contribution >= 0.6 is 11.6 Å². The van der Waals surface area contributed by atoms with E-state index in [0.717, 1.165) is 18.4 Å². The summed E-state index contributed by atoms with van der Waals surface area (Å²) in [7, 11) is 2.69. The van der Waals surface area contributed by atoms with Crippen molar-refractivity contribution in [3.63, 3.8) is 0 Å². The molecule has 0 radical (unpaired) electrons. The van der Waals surface area contributed by atoms with Crippen LogP contribution in [0.15, 0.2) is 36.7 Å². The van der Waals surface area contributed by atoms with E-state index in [1.165, 1.54) is 26.4 Å². The smallest absolute Gasteiger partial charge is 0.341 e. The van der Waals surface area contributed by atoms with Crippen molar-refractivity contribution >= 4 is 29.3 Å². The minimum absolute atomic E-state index is 0.0147. The maximum Gasteiger partial charge on any atom is 0.341 e. The zero-order valence-electron chi connectivity index (χ0n) is 16.9. The quantitative estimate of drug-likeness (QED) is 0.669. The number of rotatable bonds is 7. The summed E-state index contributed by atoms with van der Waals surface area (Å²) in [5.74, 6) is -0.331. The van der Waals surface area contributed by atoms with E-state index in [4.69, 9.17) is 25.8 Å². The zero-order chi connectivity index (χ0) is 21.5. The van der Waals surface area contributed by atoms with E-state index in [0.29, 0.717) is 25.4 Å². The Hall–Kier alpha value is -2.84. The molecule has 30 heavy (non-hydrogen) atoms. The molecule has 2 heterocycles. The third-order valence-corrected chi connectivity index (χ3v) is 5.08. The Bertz CT molecular complexity index is 888. The first-order chi connectivity index (χ1) is 14.5. The van der Waals surface area contributed by atoms with Gasteiger partial charge in [-0.25, -0.2) is 9.59 Å². The number of methoxy groups -OCH3 is 2. The van der Waals surface area contributed by atoms with Gasteiger partial charge in [-0.05, 0) is 30.5 Å². The predicted octanol–water partition coefficient (Wildman–Crippen LogP) is 3.74. The number of hydrogen-bond donors (Lipinski definition) is 1. The van der Waals surface area contributed by atoms with Crippen molar-refractivity contribution in [1.29, 1.82) is 0 Å². The van der Waals surface area contributed by atoms with Gasteiger partial charge in [0.2, 0.25) is 0 Å². The van der Waals surface area contributed by atoms with E-state index in [9.17, 15) is 9.59 Å². The summed E-state index contributed by atoms with van der Waals surface area (Å²) in [6.07, 6.45) is 5.27. The van der Waals surface area contributed by atoms with Gasteiger partial charge in [-0.2, -0.15) is 0 Å². The van der Waals surface area contributed by atoms with E-state index in [1.54, 1.807) is 17.3 Å². The molecule has 1 fully saturated rings. The van der Waals surface area contributed by atoms with E-state index in [-0.39, 0.29) is 28.5 Å². The van der Waals surface area contributed by atoms with Gasteiger partial charge in [0, 0.05) is 38.2 Å². The van der Waals surface area contributed by atoms with Crippen molar-refractivity contribution in [3.8, 4) is 5.75 Å². The van der Waals surface area contributed by atoms with Crippen LogP contribution in [0.2, 0.25) is 5.02 Å². The molecule has 2 aromatic rings. The normalized spacial score (nSPS) is 15.5. The number of halogens is 1. The second-order valence-electron chi connectivity index (χ2n) is 6.83.